The summed E-state index contributed by atoms with van der Waals surface area (Å²) in [5, 5.41) is 10.7. The number of hydrogen-bond donors (Lipinski definition) is 0. The minimum absolute atomic E-state index is 0.0479. The Bertz CT molecular complexity index is 1150. The number of aryl methyl sites for hydroxylation is 1. The second-order valence-electron chi connectivity index (χ2n) is 5.90. The number of carbonyl (C=O) groups is 1. The van der Waals surface area contributed by atoms with Crippen molar-refractivity contribution in [1.29, 1.82) is 0 Å². The quantitative estimate of drug-likeness (QED) is 0.359. The molecule has 0 aliphatic heterocycles. The number of fused-ring (bicyclic) bond motifs is 1. The first-order valence-electron chi connectivity index (χ1n) is 8.38. The minimum Gasteiger partial charge on any atom is -0.314 e. The molecule has 6 nitrogen and oxygen atoms in total. The highest BCUT2D eigenvalue weighted by Crippen LogP contribution is 2.22. The first kappa shape index (κ1) is 19.6. The van der Waals surface area contributed by atoms with Gasteiger partial charge in [-0.2, -0.15) is 4.99 Å². The van der Waals surface area contributed by atoms with Crippen molar-refractivity contribution in [2.24, 2.45) is 4.99 Å². The third kappa shape index (κ3) is 4.20. The molecule has 1 heterocycles. The maximum absolute atomic E-state index is 14.2. The number of amides is 1. The van der Waals surface area contributed by atoms with Crippen molar-refractivity contribution in [3.63, 3.8) is 0 Å². The van der Waals surface area contributed by atoms with Crippen molar-refractivity contribution in [2.45, 2.75) is 19.9 Å². The lowest BCUT2D eigenvalue weighted by molar-refractivity contribution is -0.384. The average Bonchev–Trinajstić information content (AvgIpc) is 2.97. The molecule has 0 aliphatic rings. The molecule has 0 unspecified atom stereocenters. The molecular formula is C19H15F2N3O3S. The summed E-state index contributed by atoms with van der Waals surface area (Å²) in [7, 11) is 0. The van der Waals surface area contributed by atoms with Crippen LogP contribution in [-0.4, -0.2) is 15.4 Å². The van der Waals surface area contributed by atoms with Gasteiger partial charge >= 0.3 is 0 Å². The van der Waals surface area contributed by atoms with Crippen LogP contribution in [-0.2, 0) is 11.3 Å². The summed E-state index contributed by atoms with van der Waals surface area (Å²) in [5.74, 6) is -1.96. The van der Waals surface area contributed by atoms with Crippen molar-refractivity contribution in [3.8, 4) is 0 Å². The smallest absolute Gasteiger partial charge is 0.272 e. The highest BCUT2D eigenvalue weighted by Gasteiger charge is 2.13. The number of hydrogen-bond acceptors (Lipinski definition) is 4. The summed E-state index contributed by atoms with van der Waals surface area (Å²) in [6.45, 7) is 2.33. The molecular weight excluding hydrogens is 388 g/mol. The van der Waals surface area contributed by atoms with Crippen LogP contribution < -0.4 is 4.80 Å². The molecule has 1 amide bonds. The minimum atomic E-state index is -0.699. The summed E-state index contributed by atoms with van der Waals surface area (Å²) in [6.07, 6.45) is 3.38. The number of nitrogens with zero attached hydrogens (tertiary/aromatic N) is 3. The fraction of sp³-hybridized carbons (Fsp3) is 0.158. The SMILES string of the molecule is CCCn1c(=NC(=O)/C=C/c2ccc([N+](=O)[O-])cc2)sc2cc(F)cc(F)c21. The van der Waals surface area contributed by atoms with Crippen LogP contribution in [0.4, 0.5) is 14.5 Å². The van der Waals surface area contributed by atoms with E-state index in [-0.39, 0.29) is 16.0 Å². The number of non-ortho nitro benzene ring substituents is 1. The van der Waals surface area contributed by atoms with Gasteiger partial charge in [0.15, 0.2) is 10.6 Å². The lowest BCUT2D eigenvalue weighted by Gasteiger charge is -2.03. The Kier molecular flexibility index (Phi) is 5.74. The molecule has 144 valence electrons. The third-order valence-corrected chi connectivity index (χ3v) is 4.90. The molecule has 28 heavy (non-hydrogen) atoms. The number of carbonyl (C=O) groups excluding carboxylic acids is 1. The molecule has 0 spiro atoms. The van der Waals surface area contributed by atoms with Crippen LogP contribution in [0.15, 0.2) is 47.5 Å². The summed E-state index contributed by atoms with van der Waals surface area (Å²) in [4.78, 5) is 26.6. The second kappa shape index (κ2) is 8.22. The molecule has 0 fully saturated rings. The van der Waals surface area contributed by atoms with E-state index in [1.807, 2.05) is 6.92 Å². The average molecular weight is 403 g/mol. The van der Waals surface area contributed by atoms with E-state index in [0.29, 0.717) is 23.2 Å². The van der Waals surface area contributed by atoms with Gasteiger partial charge in [0.05, 0.1) is 15.1 Å². The van der Waals surface area contributed by atoms with E-state index in [2.05, 4.69) is 4.99 Å². The van der Waals surface area contributed by atoms with Crippen LogP contribution in [0.3, 0.4) is 0 Å². The number of rotatable bonds is 5. The Morgan fingerprint density at radius 2 is 2.00 bits per heavy atom. The Morgan fingerprint density at radius 1 is 1.29 bits per heavy atom. The van der Waals surface area contributed by atoms with Gasteiger partial charge in [0.2, 0.25) is 0 Å². The van der Waals surface area contributed by atoms with Gasteiger partial charge in [0.25, 0.3) is 11.6 Å². The fourth-order valence-electron chi connectivity index (χ4n) is 2.65. The Hall–Kier alpha value is -3.20. The largest absolute Gasteiger partial charge is 0.314 e. The molecule has 0 saturated heterocycles. The predicted molar refractivity (Wildman–Crippen MR) is 103 cm³/mol. The number of halogens is 2. The first-order chi connectivity index (χ1) is 13.4. The molecule has 3 aromatic rings. The van der Waals surface area contributed by atoms with Crippen LogP contribution >= 0.6 is 11.3 Å². The van der Waals surface area contributed by atoms with E-state index >= 15 is 0 Å². The van der Waals surface area contributed by atoms with Gasteiger partial charge in [-0.3, -0.25) is 14.9 Å². The van der Waals surface area contributed by atoms with Crippen molar-refractivity contribution < 1.29 is 18.5 Å². The number of nitro groups is 1. The van der Waals surface area contributed by atoms with E-state index in [9.17, 15) is 23.7 Å². The lowest BCUT2D eigenvalue weighted by atomic mass is 10.2. The molecule has 0 saturated carbocycles. The second-order valence-corrected chi connectivity index (χ2v) is 6.91. The van der Waals surface area contributed by atoms with E-state index < -0.39 is 22.5 Å². The van der Waals surface area contributed by atoms with Gasteiger partial charge in [-0.25, -0.2) is 8.78 Å². The van der Waals surface area contributed by atoms with E-state index in [1.165, 1.54) is 42.5 Å². The molecule has 3 rings (SSSR count). The summed E-state index contributed by atoms with van der Waals surface area (Å²) in [6, 6.07) is 7.71. The highest BCUT2D eigenvalue weighted by molar-refractivity contribution is 7.16. The zero-order valence-corrected chi connectivity index (χ0v) is 15.6. The monoisotopic (exact) mass is 403 g/mol. The predicted octanol–water partition coefficient (Wildman–Crippen LogP) is 4.44. The molecule has 0 N–H and O–H groups in total. The standard InChI is InChI=1S/C19H15F2N3O3S/c1-2-9-23-18-15(21)10-13(20)11-16(18)28-19(23)22-17(25)8-5-12-3-6-14(7-4-12)24(26)27/h3-8,10-11H,2,9H2,1H3/b8-5+,22-19?. The summed E-state index contributed by atoms with van der Waals surface area (Å²) < 4.78 is 29.6. The van der Waals surface area contributed by atoms with Crippen molar-refractivity contribution >= 4 is 39.2 Å². The number of benzene rings is 2. The molecule has 0 radical (unpaired) electrons. The maximum atomic E-state index is 14.2. The van der Waals surface area contributed by atoms with E-state index in [1.54, 1.807) is 4.57 Å². The number of aromatic nitrogens is 1. The van der Waals surface area contributed by atoms with Crippen LogP contribution in [0.1, 0.15) is 18.9 Å². The van der Waals surface area contributed by atoms with Gasteiger partial charge in [-0.05, 0) is 36.3 Å². The van der Waals surface area contributed by atoms with Gasteiger partial charge in [-0.1, -0.05) is 18.3 Å². The normalized spacial score (nSPS) is 12.2. The first-order valence-corrected chi connectivity index (χ1v) is 9.20. The van der Waals surface area contributed by atoms with Crippen molar-refractivity contribution in [3.05, 3.63) is 74.6 Å². The van der Waals surface area contributed by atoms with Crippen molar-refractivity contribution in [1.82, 2.24) is 4.57 Å². The molecule has 0 aliphatic carbocycles. The maximum Gasteiger partial charge on any atom is 0.272 e. The van der Waals surface area contributed by atoms with Gasteiger partial charge in [-0.15, -0.1) is 0 Å². The number of thiazole rings is 1. The molecule has 9 heteroatoms. The Labute approximate surface area is 162 Å². The molecule has 0 bridgehead atoms. The third-order valence-electron chi connectivity index (χ3n) is 3.87. The van der Waals surface area contributed by atoms with Crippen molar-refractivity contribution in [2.75, 3.05) is 0 Å². The molecule has 1 aromatic heterocycles. The van der Waals surface area contributed by atoms with Crippen LogP contribution in [0.5, 0.6) is 0 Å². The fourth-order valence-corrected chi connectivity index (χ4v) is 3.75. The number of nitro benzene ring substituents is 1. The molecule has 0 atom stereocenters. The zero-order chi connectivity index (χ0) is 20.3. The van der Waals surface area contributed by atoms with E-state index in [0.717, 1.165) is 17.4 Å². The van der Waals surface area contributed by atoms with Crippen LogP contribution in [0, 0.1) is 21.7 Å². The van der Waals surface area contributed by atoms with Gasteiger partial charge < -0.3 is 4.57 Å². The van der Waals surface area contributed by atoms with Crippen LogP contribution in [0.25, 0.3) is 16.3 Å². The van der Waals surface area contributed by atoms with Gasteiger partial charge in [0.1, 0.15) is 5.82 Å². The highest BCUT2D eigenvalue weighted by atomic mass is 32.1. The van der Waals surface area contributed by atoms with E-state index in [4.69, 9.17) is 0 Å². The van der Waals surface area contributed by atoms with Crippen LogP contribution in [0.2, 0.25) is 0 Å². The topological polar surface area (TPSA) is 77.5 Å². The zero-order valence-electron chi connectivity index (χ0n) is 14.8. The molecule has 2 aromatic carbocycles. The van der Waals surface area contributed by atoms with Gasteiger partial charge in [0, 0.05) is 30.8 Å². The summed E-state index contributed by atoms with van der Waals surface area (Å²) in [5.41, 5.74) is 0.771. The lowest BCUT2D eigenvalue weighted by Crippen LogP contribution is -2.16. The summed E-state index contributed by atoms with van der Waals surface area (Å²) >= 11 is 1.03. The Morgan fingerprint density at radius 3 is 2.64 bits per heavy atom. The Balaban J connectivity index is 1.94.